The molecule has 1 saturated heterocycles. The average Bonchev–Trinajstić information content (AvgIpc) is 3.82. The number of hydrogen-bond acceptors (Lipinski definition) is 8. The summed E-state index contributed by atoms with van der Waals surface area (Å²) in [6.45, 7) is 3.48. The van der Waals surface area contributed by atoms with Gasteiger partial charge in [0.1, 0.15) is 5.82 Å². The fourth-order valence-corrected chi connectivity index (χ4v) is 7.68. The van der Waals surface area contributed by atoms with Crippen LogP contribution < -0.4 is 14.2 Å². The van der Waals surface area contributed by atoms with E-state index in [4.69, 9.17) is 19.2 Å². The number of carbonyl (C=O) groups is 2. The lowest BCUT2D eigenvalue weighted by molar-refractivity contribution is 0.0779. The third-order valence-corrected chi connectivity index (χ3v) is 10.6. The standard InChI is InChI=1S/C39H43FN4O5S/c1-42(39(46)29-22-33(47-2)37(49-4)34(23-29)48-3)25-28(35-10-7-21-50-35)17-20-43-18-15-27(16-19-43)36(45)38-41-31-8-5-6-9-32(31)44(38)24-26-11-13-30(40)14-12-26/h5-14,21-23,27-28H,15-20,24-25H2,1-4H3. The van der Waals surface area contributed by atoms with Gasteiger partial charge in [-0.2, -0.15) is 0 Å². The highest BCUT2D eigenvalue weighted by Crippen LogP contribution is 2.39. The lowest BCUT2D eigenvalue weighted by Crippen LogP contribution is -2.38. The van der Waals surface area contributed by atoms with Crippen LogP contribution in [0.25, 0.3) is 11.0 Å². The van der Waals surface area contributed by atoms with Crippen LogP contribution in [0, 0.1) is 11.7 Å². The van der Waals surface area contributed by atoms with Crippen LogP contribution in [0.5, 0.6) is 17.2 Å². The Bertz CT molecular complexity index is 1890. The first-order valence-corrected chi connectivity index (χ1v) is 17.7. The number of para-hydroxylation sites is 2. The van der Waals surface area contributed by atoms with Crippen molar-refractivity contribution in [2.45, 2.75) is 31.7 Å². The number of carbonyl (C=O) groups excluding carboxylic acids is 2. The molecule has 3 aromatic carbocycles. The second-order valence-corrected chi connectivity index (χ2v) is 13.7. The van der Waals surface area contributed by atoms with Crippen molar-refractivity contribution in [1.82, 2.24) is 19.4 Å². The van der Waals surface area contributed by atoms with Crippen LogP contribution in [0.1, 0.15) is 56.6 Å². The number of methoxy groups -OCH3 is 3. The topological polar surface area (TPSA) is 86.1 Å². The molecule has 1 aliphatic heterocycles. The number of piperidine rings is 1. The predicted octanol–water partition coefficient (Wildman–Crippen LogP) is 7.15. The van der Waals surface area contributed by atoms with E-state index < -0.39 is 0 Å². The third kappa shape index (κ3) is 7.69. The Morgan fingerprint density at radius 2 is 1.66 bits per heavy atom. The number of likely N-dealkylation sites (N-methyl/N-ethyl adjacent to an activating group) is 1. The van der Waals surface area contributed by atoms with Gasteiger partial charge in [-0.1, -0.05) is 30.3 Å². The summed E-state index contributed by atoms with van der Waals surface area (Å²) in [7, 11) is 6.43. The molecule has 3 heterocycles. The summed E-state index contributed by atoms with van der Waals surface area (Å²) >= 11 is 1.70. The number of aromatic nitrogens is 2. The van der Waals surface area contributed by atoms with Crippen molar-refractivity contribution in [2.24, 2.45) is 5.92 Å². The Labute approximate surface area is 296 Å². The number of Topliss-reactive ketones (excluding diaryl/α,β-unsaturated/α-hetero) is 1. The maximum atomic E-state index is 14.0. The molecular formula is C39H43FN4O5S. The lowest BCUT2D eigenvalue weighted by Gasteiger charge is -2.32. The summed E-state index contributed by atoms with van der Waals surface area (Å²) in [6.07, 6.45) is 2.38. The fraction of sp³-hybridized carbons (Fsp3) is 0.359. The zero-order chi connectivity index (χ0) is 35.2. The molecule has 262 valence electrons. The van der Waals surface area contributed by atoms with Gasteiger partial charge in [0, 0.05) is 42.4 Å². The molecule has 1 atom stereocenters. The number of ketones is 1. The van der Waals surface area contributed by atoms with Gasteiger partial charge in [0.05, 0.1) is 32.4 Å². The van der Waals surface area contributed by atoms with Crippen molar-refractivity contribution in [1.29, 1.82) is 0 Å². The van der Waals surface area contributed by atoms with E-state index in [0.717, 1.165) is 55.5 Å². The van der Waals surface area contributed by atoms with Gasteiger partial charge in [-0.3, -0.25) is 9.59 Å². The van der Waals surface area contributed by atoms with Crippen LogP contribution in [-0.2, 0) is 6.54 Å². The second kappa shape index (κ2) is 15.9. The molecular weight excluding hydrogens is 656 g/mol. The number of halogens is 1. The minimum Gasteiger partial charge on any atom is -0.493 e. The molecule has 6 rings (SSSR count). The molecule has 0 N–H and O–H groups in total. The van der Waals surface area contributed by atoms with Gasteiger partial charge < -0.3 is 28.6 Å². The van der Waals surface area contributed by atoms with Gasteiger partial charge in [-0.05, 0) is 92.3 Å². The largest absolute Gasteiger partial charge is 0.493 e. The van der Waals surface area contributed by atoms with E-state index in [1.54, 1.807) is 40.5 Å². The highest BCUT2D eigenvalue weighted by molar-refractivity contribution is 7.10. The molecule has 0 radical (unpaired) electrons. The summed E-state index contributed by atoms with van der Waals surface area (Å²) in [6, 6.07) is 21.7. The zero-order valence-corrected chi connectivity index (χ0v) is 29.7. The molecule has 2 aromatic heterocycles. The number of ether oxygens (including phenoxy) is 3. The smallest absolute Gasteiger partial charge is 0.253 e. The first-order valence-electron chi connectivity index (χ1n) is 16.8. The number of likely N-dealkylation sites (tertiary alicyclic amines) is 1. The highest BCUT2D eigenvalue weighted by atomic mass is 32.1. The average molecular weight is 699 g/mol. The summed E-state index contributed by atoms with van der Waals surface area (Å²) in [5.74, 6) is 1.45. The van der Waals surface area contributed by atoms with Crippen LogP contribution in [0.2, 0.25) is 0 Å². The minimum atomic E-state index is -0.287. The number of imidazole rings is 1. The third-order valence-electron chi connectivity index (χ3n) is 9.58. The number of nitrogens with zero attached hydrogens (tertiary/aromatic N) is 4. The number of amides is 1. The number of fused-ring (bicyclic) bond motifs is 1. The summed E-state index contributed by atoms with van der Waals surface area (Å²) in [5, 5.41) is 2.07. The first-order chi connectivity index (χ1) is 24.3. The molecule has 1 aliphatic rings. The van der Waals surface area contributed by atoms with Gasteiger partial charge >= 0.3 is 0 Å². The normalized spacial score (nSPS) is 14.4. The molecule has 11 heteroatoms. The Kier molecular flexibility index (Phi) is 11.1. The Hall–Kier alpha value is -4.74. The monoisotopic (exact) mass is 698 g/mol. The van der Waals surface area contributed by atoms with Crippen molar-refractivity contribution < 1.29 is 28.2 Å². The van der Waals surface area contributed by atoms with E-state index in [9.17, 15) is 14.0 Å². The van der Waals surface area contributed by atoms with E-state index in [1.807, 2.05) is 35.9 Å². The minimum absolute atomic E-state index is 0.0614. The van der Waals surface area contributed by atoms with Crippen molar-refractivity contribution >= 4 is 34.1 Å². The summed E-state index contributed by atoms with van der Waals surface area (Å²) < 4.78 is 31.9. The van der Waals surface area contributed by atoms with E-state index >= 15 is 0 Å². The molecule has 5 aromatic rings. The first kappa shape index (κ1) is 35.1. The van der Waals surface area contributed by atoms with E-state index in [2.05, 4.69) is 22.4 Å². The van der Waals surface area contributed by atoms with E-state index in [1.165, 1.54) is 38.3 Å². The molecule has 0 saturated carbocycles. The van der Waals surface area contributed by atoms with Crippen LogP contribution in [-0.4, -0.2) is 85.6 Å². The van der Waals surface area contributed by atoms with Crippen LogP contribution in [0.4, 0.5) is 4.39 Å². The number of hydrogen-bond donors (Lipinski definition) is 0. The molecule has 1 fully saturated rings. The number of rotatable bonds is 14. The van der Waals surface area contributed by atoms with Gasteiger partial charge in [0.25, 0.3) is 5.91 Å². The van der Waals surface area contributed by atoms with Gasteiger partial charge in [0.2, 0.25) is 11.5 Å². The zero-order valence-electron chi connectivity index (χ0n) is 28.9. The maximum absolute atomic E-state index is 14.0. The molecule has 50 heavy (non-hydrogen) atoms. The number of thiophene rings is 1. The molecule has 0 bridgehead atoms. The predicted molar refractivity (Wildman–Crippen MR) is 193 cm³/mol. The fourth-order valence-electron chi connectivity index (χ4n) is 6.82. The highest BCUT2D eigenvalue weighted by Gasteiger charge is 2.30. The van der Waals surface area contributed by atoms with Crippen molar-refractivity contribution in [3.63, 3.8) is 0 Å². The van der Waals surface area contributed by atoms with E-state index in [0.29, 0.717) is 41.7 Å². The lowest BCUT2D eigenvalue weighted by atomic mass is 9.91. The van der Waals surface area contributed by atoms with Crippen LogP contribution >= 0.6 is 11.3 Å². The maximum Gasteiger partial charge on any atom is 0.253 e. The molecule has 0 spiro atoms. The van der Waals surface area contributed by atoms with E-state index in [-0.39, 0.29) is 29.3 Å². The van der Waals surface area contributed by atoms with Crippen molar-refractivity contribution in [3.8, 4) is 17.2 Å². The molecule has 0 aliphatic carbocycles. The summed E-state index contributed by atoms with van der Waals surface area (Å²) in [5.41, 5.74) is 3.05. The Morgan fingerprint density at radius 1 is 0.960 bits per heavy atom. The van der Waals surface area contributed by atoms with Crippen molar-refractivity contribution in [3.05, 3.63) is 106 Å². The van der Waals surface area contributed by atoms with Crippen molar-refractivity contribution in [2.75, 3.05) is 54.6 Å². The van der Waals surface area contributed by atoms with Gasteiger partial charge in [-0.15, -0.1) is 11.3 Å². The SMILES string of the molecule is COc1cc(C(=O)N(C)CC(CCN2CCC(C(=O)c3nc4ccccc4n3Cc3ccc(F)cc3)CC2)c2cccs2)cc(OC)c1OC. The Balaban J connectivity index is 1.09. The molecule has 9 nitrogen and oxygen atoms in total. The Morgan fingerprint density at radius 3 is 2.30 bits per heavy atom. The molecule has 1 amide bonds. The number of benzene rings is 3. The van der Waals surface area contributed by atoms with Gasteiger partial charge in [-0.25, -0.2) is 9.37 Å². The van der Waals surface area contributed by atoms with Crippen LogP contribution in [0.3, 0.4) is 0 Å². The quantitative estimate of drug-likeness (QED) is 0.114. The second-order valence-electron chi connectivity index (χ2n) is 12.7. The summed E-state index contributed by atoms with van der Waals surface area (Å²) in [4.78, 5) is 37.8. The molecule has 1 unspecified atom stereocenters. The van der Waals surface area contributed by atoms with Gasteiger partial charge in [0.15, 0.2) is 17.3 Å². The van der Waals surface area contributed by atoms with Crippen LogP contribution in [0.15, 0.2) is 78.2 Å².